The number of hydrazine groups is 1. The highest BCUT2D eigenvalue weighted by Crippen LogP contribution is 2.24. The Balaban J connectivity index is 1.98. The predicted octanol–water partition coefficient (Wildman–Crippen LogP) is 2.65. The molecule has 1 aliphatic carbocycles. The lowest BCUT2D eigenvalue weighted by Crippen LogP contribution is -2.44. The quantitative estimate of drug-likeness (QED) is 0.380. The maximum Gasteiger partial charge on any atom is 0.213 e. The first-order valence-corrected chi connectivity index (χ1v) is 7.11. The Kier molecular flexibility index (Phi) is 5.21. The molecule has 0 unspecified atom stereocenters. The summed E-state index contributed by atoms with van der Waals surface area (Å²) in [5, 5.41) is 0. The van der Waals surface area contributed by atoms with Gasteiger partial charge >= 0.3 is 0 Å². The van der Waals surface area contributed by atoms with Gasteiger partial charge in [0.1, 0.15) is 0 Å². The van der Waals surface area contributed by atoms with Crippen molar-refractivity contribution in [1.82, 2.24) is 10.3 Å². The summed E-state index contributed by atoms with van der Waals surface area (Å²) >= 11 is 0. The van der Waals surface area contributed by atoms with Crippen LogP contribution in [0.4, 0.5) is 5.69 Å². The number of guanidine groups is 1. The minimum absolute atomic E-state index is 0.733. The number of para-hydroxylation sites is 1. The van der Waals surface area contributed by atoms with E-state index in [1.807, 2.05) is 30.3 Å². The lowest BCUT2D eigenvalue weighted by atomic mass is 9.89. The van der Waals surface area contributed by atoms with Crippen molar-refractivity contribution in [2.45, 2.75) is 32.1 Å². The number of rotatable bonds is 3. The van der Waals surface area contributed by atoms with Crippen molar-refractivity contribution in [1.29, 1.82) is 0 Å². The van der Waals surface area contributed by atoms with Crippen LogP contribution in [0.2, 0.25) is 0 Å². The largest absolute Gasteiger partial charge is 0.344 e. The zero-order valence-electron chi connectivity index (χ0n) is 11.7. The standard InChI is InChI=1S/C15H24N4/c1-19(12-13-8-4-2-5-9-13)15(18-16)17-14-10-6-3-7-11-14/h3,6-7,10-11,13H,2,4-5,8-9,12,16H2,1H3,(H,17,18). The highest BCUT2D eigenvalue weighted by atomic mass is 15.4. The number of aliphatic imine (C=N–C) groups is 1. The van der Waals surface area contributed by atoms with E-state index in [2.05, 4.69) is 22.4 Å². The zero-order chi connectivity index (χ0) is 13.5. The second-order valence-electron chi connectivity index (χ2n) is 5.30. The van der Waals surface area contributed by atoms with E-state index in [4.69, 9.17) is 5.84 Å². The molecule has 0 saturated heterocycles. The fourth-order valence-electron chi connectivity index (χ4n) is 2.70. The lowest BCUT2D eigenvalue weighted by Gasteiger charge is -2.28. The summed E-state index contributed by atoms with van der Waals surface area (Å²) in [5.41, 5.74) is 3.64. The van der Waals surface area contributed by atoms with Crippen LogP contribution in [-0.4, -0.2) is 24.5 Å². The van der Waals surface area contributed by atoms with Crippen molar-refractivity contribution in [2.24, 2.45) is 16.8 Å². The van der Waals surface area contributed by atoms with Crippen LogP contribution in [0.3, 0.4) is 0 Å². The SMILES string of the molecule is CN(CC1CCCCC1)C(=Nc1ccccc1)NN. The molecule has 0 aliphatic heterocycles. The number of nitrogens with zero attached hydrogens (tertiary/aromatic N) is 2. The number of hydrogen-bond acceptors (Lipinski definition) is 2. The van der Waals surface area contributed by atoms with Gasteiger partial charge in [0.25, 0.3) is 0 Å². The minimum Gasteiger partial charge on any atom is -0.344 e. The van der Waals surface area contributed by atoms with Crippen LogP contribution in [0.1, 0.15) is 32.1 Å². The van der Waals surface area contributed by atoms with Gasteiger partial charge in [-0.3, -0.25) is 5.43 Å². The van der Waals surface area contributed by atoms with Gasteiger partial charge in [0.05, 0.1) is 5.69 Å². The molecular formula is C15H24N4. The van der Waals surface area contributed by atoms with E-state index in [1.54, 1.807) is 0 Å². The molecule has 104 valence electrons. The molecule has 1 fully saturated rings. The smallest absolute Gasteiger partial charge is 0.213 e. The van der Waals surface area contributed by atoms with Crippen LogP contribution >= 0.6 is 0 Å². The summed E-state index contributed by atoms with van der Waals surface area (Å²) in [7, 11) is 2.05. The molecule has 0 heterocycles. The summed E-state index contributed by atoms with van der Waals surface area (Å²) < 4.78 is 0. The third-order valence-electron chi connectivity index (χ3n) is 3.74. The molecule has 1 aliphatic rings. The van der Waals surface area contributed by atoms with Gasteiger partial charge in [-0.05, 0) is 30.9 Å². The average Bonchev–Trinajstić information content (AvgIpc) is 2.47. The van der Waals surface area contributed by atoms with Gasteiger partial charge in [-0.25, -0.2) is 10.8 Å². The summed E-state index contributed by atoms with van der Waals surface area (Å²) in [6.45, 7) is 1.02. The fraction of sp³-hybridized carbons (Fsp3) is 0.533. The van der Waals surface area contributed by atoms with E-state index in [0.717, 1.165) is 24.1 Å². The molecule has 0 amide bonds. The second kappa shape index (κ2) is 7.14. The van der Waals surface area contributed by atoms with Crippen LogP contribution in [-0.2, 0) is 0 Å². The van der Waals surface area contributed by atoms with E-state index in [-0.39, 0.29) is 0 Å². The number of nitrogens with one attached hydrogen (secondary N) is 1. The number of nitrogens with two attached hydrogens (primary N) is 1. The van der Waals surface area contributed by atoms with Gasteiger partial charge in [-0.2, -0.15) is 0 Å². The van der Waals surface area contributed by atoms with E-state index >= 15 is 0 Å². The molecule has 3 N–H and O–H groups in total. The van der Waals surface area contributed by atoms with Crippen LogP contribution in [0.5, 0.6) is 0 Å². The minimum atomic E-state index is 0.733. The van der Waals surface area contributed by atoms with E-state index in [9.17, 15) is 0 Å². The summed E-state index contributed by atoms with van der Waals surface area (Å²) in [5.74, 6) is 7.11. The van der Waals surface area contributed by atoms with Gasteiger partial charge in [-0.1, -0.05) is 37.5 Å². The van der Waals surface area contributed by atoms with Gasteiger partial charge in [0.15, 0.2) is 0 Å². The average molecular weight is 260 g/mol. The molecule has 4 nitrogen and oxygen atoms in total. The number of benzene rings is 1. The van der Waals surface area contributed by atoms with Crippen LogP contribution < -0.4 is 11.3 Å². The monoisotopic (exact) mass is 260 g/mol. The first-order chi connectivity index (χ1) is 9.29. The maximum absolute atomic E-state index is 5.60. The molecule has 1 aromatic carbocycles. The Morgan fingerprint density at radius 3 is 2.58 bits per heavy atom. The van der Waals surface area contributed by atoms with Crippen molar-refractivity contribution < 1.29 is 0 Å². The van der Waals surface area contributed by atoms with E-state index in [0.29, 0.717) is 0 Å². The first-order valence-electron chi connectivity index (χ1n) is 7.11. The van der Waals surface area contributed by atoms with Crippen molar-refractivity contribution in [2.75, 3.05) is 13.6 Å². The molecular weight excluding hydrogens is 236 g/mol. The third-order valence-corrected chi connectivity index (χ3v) is 3.74. The van der Waals surface area contributed by atoms with Crippen molar-refractivity contribution in [3.63, 3.8) is 0 Å². The van der Waals surface area contributed by atoms with E-state index < -0.39 is 0 Å². The Labute approximate surface area is 115 Å². The van der Waals surface area contributed by atoms with Crippen LogP contribution in [0.15, 0.2) is 35.3 Å². The normalized spacial score (nSPS) is 17.3. The molecule has 0 atom stereocenters. The fourth-order valence-corrected chi connectivity index (χ4v) is 2.70. The number of hydrogen-bond donors (Lipinski definition) is 2. The van der Waals surface area contributed by atoms with Crippen molar-refractivity contribution in [3.05, 3.63) is 30.3 Å². The zero-order valence-corrected chi connectivity index (χ0v) is 11.7. The third kappa shape index (κ3) is 4.24. The molecule has 0 spiro atoms. The lowest BCUT2D eigenvalue weighted by molar-refractivity contribution is 0.292. The van der Waals surface area contributed by atoms with Gasteiger partial charge in [-0.15, -0.1) is 0 Å². The summed E-state index contributed by atoms with van der Waals surface area (Å²) in [6.07, 6.45) is 6.76. The highest BCUT2D eigenvalue weighted by molar-refractivity contribution is 5.81. The van der Waals surface area contributed by atoms with Gasteiger partial charge in [0, 0.05) is 13.6 Å². The Bertz CT molecular complexity index is 396. The maximum atomic E-state index is 5.60. The molecule has 1 saturated carbocycles. The molecule has 0 radical (unpaired) electrons. The molecule has 4 heteroatoms. The summed E-state index contributed by atoms with van der Waals surface area (Å²) in [6, 6.07) is 9.90. The van der Waals surface area contributed by atoms with E-state index in [1.165, 1.54) is 32.1 Å². The molecule has 0 aromatic heterocycles. The first kappa shape index (κ1) is 13.9. The Hall–Kier alpha value is -1.55. The van der Waals surface area contributed by atoms with Crippen molar-refractivity contribution >= 4 is 11.6 Å². The predicted molar refractivity (Wildman–Crippen MR) is 80.1 cm³/mol. The Morgan fingerprint density at radius 1 is 1.26 bits per heavy atom. The van der Waals surface area contributed by atoms with Crippen LogP contribution in [0.25, 0.3) is 0 Å². The highest BCUT2D eigenvalue weighted by Gasteiger charge is 2.16. The molecule has 2 rings (SSSR count). The second-order valence-corrected chi connectivity index (χ2v) is 5.30. The molecule has 0 bridgehead atoms. The van der Waals surface area contributed by atoms with Gasteiger partial charge < -0.3 is 4.90 Å². The topological polar surface area (TPSA) is 53.6 Å². The Morgan fingerprint density at radius 2 is 1.95 bits per heavy atom. The molecule has 1 aromatic rings. The molecule has 19 heavy (non-hydrogen) atoms. The van der Waals surface area contributed by atoms with Crippen LogP contribution in [0, 0.1) is 5.92 Å². The van der Waals surface area contributed by atoms with Crippen molar-refractivity contribution in [3.8, 4) is 0 Å². The summed E-state index contributed by atoms with van der Waals surface area (Å²) in [4.78, 5) is 6.68. The van der Waals surface area contributed by atoms with Gasteiger partial charge in [0.2, 0.25) is 5.96 Å².